The first-order valence-electron chi connectivity index (χ1n) is 10.4. The molecule has 4 N–H and O–H groups in total. The molecule has 184 valence electrons. The van der Waals surface area contributed by atoms with Crippen molar-refractivity contribution in [2.45, 2.75) is 24.9 Å². The molecule has 35 heavy (non-hydrogen) atoms. The number of pyridine rings is 1. The van der Waals surface area contributed by atoms with Gasteiger partial charge in [0, 0.05) is 28.9 Å². The fourth-order valence-corrected chi connectivity index (χ4v) is 5.37. The van der Waals surface area contributed by atoms with E-state index in [-0.39, 0.29) is 35.5 Å². The van der Waals surface area contributed by atoms with Crippen molar-refractivity contribution in [3.05, 3.63) is 41.6 Å². The van der Waals surface area contributed by atoms with Crippen LogP contribution in [-0.2, 0) is 25.8 Å². The molecule has 0 aliphatic carbocycles. The number of methoxy groups -OCH3 is 1. The number of carbonyl (C=O) groups excluding carboxylic acids is 2. The molecule has 2 aromatic rings. The molecule has 2 aliphatic rings. The number of ether oxygens (including phenoxy) is 1. The number of nitrogen functional groups attached to an aromatic ring is 1. The lowest BCUT2D eigenvalue weighted by molar-refractivity contribution is -0.689. The number of carbonyl (C=O) groups is 3. The summed E-state index contributed by atoms with van der Waals surface area (Å²) in [5.41, 5.74) is 5.86. The van der Waals surface area contributed by atoms with Gasteiger partial charge in [0.2, 0.25) is 17.7 Å². The minimum atomic E-state index is -1.22. The number of anilines is 1. The van der Waals surface area contributed by atoms with Crippen molar-refractivity contribution in [1.82, 2.24) is 19.6 Å². The van der Waals surface area contributed by atoms with Crippen LogP contribution in [0.3, 0.4) is 0 Å². The van der Waals surface area contributed by atoms with Gasteiger partial charge in [-0.05, 0) is 13.0 Å². The van der Waals surface area contributed by atoms with Crippen LogP contribution in [0.1, 0.15) is 12.7 Å². The number of nitrogens with two attached hydrogens (primary N) is 1. The molecule has 1 unspecified atom stereocenters. The average molecular weight is 521 g/mol. The topological polar surface area (TPSA) is 173 Å². The zero-order valence-corrected chi connectivity index (χ0v) is 20.3. The number of oxime groups is 1. The molecule has 2 aromatic heterocycles. The first-order chi connectivity index (χ1) is 16.8. The summed E-state index contributed by atoms with van der Waals surface area (Å²) >= 11 is 2.25. The van der Waals surface area contributed by atoms with Crippen molar-refractivity contribution in [2.75, 3.05) is 25.2 Å². The van der Waals surface area contributed by atoms with E-state index in [2.05, 4.69) is 19.8 Å². The molecule has 0 saturated carbocycles. The summed E-state index contributed by atoms with van der Waals surface area (Å²) in [6.07, 6.45) is 3.52. The van der Waals surface area contributed by atoms with Gasteiger partial charge < -0.3 is 25.7 Å². The molecule has 0 bridgehead atoms. The van der Waals surface area contributed by atoms with Gasteiger partial charge in [-0.15, -0.1) is 11.8 Å². The fraction of sp³-hybridized carbons (Fsp3) is 0.350. The number of fused-ring (bicyclic) bond motifs is 1. The molecule has 2 amide bonds. The van der Waals surface area contributed by atoms with Crippen molar-refractivity contribution in [1.29, 1.82) is 0 Å². The molecule has 0 spiro atoms. The molecular weight excluding hydrogens is 498 g/mol. The Kier molecular flexibility index (Phi) is 7.16. The number of β-lactam (4-membered cyclic amide) rings is 1. The zero-order valence-electron chi connectivity index (χ0n) is 18.7. The van der Waals surface area contributed by atoms with Crippen LogP contribution in [0.15, 0.2) is 41.0 Å². The highest BCUT2D eigenvalue weighted by Crippen LogP contribution is 2.40. The van der Waals surface area contributed by atoms with Crippen LogP contribution in [-0.4, -0.2) is 73.7 Å². The Balaban J connectivity index is 1.53. The first kappa shape index (κ1) is 24.4. The average Bonchev–Trinajstić information content (AvgIpc) is 3.28. The zero-order chi connectivity index (χ0) is 25.1. The van der Waals surface area contributed by atoms with E-state index in [0.717, 1.165) is 11.5 Å². The van der Waals surface area contributed by atoms with E-state index in [1.54, 1.807) is 43.1 Å². The van der Waals surface area contributed by atoms with Gasteiger partial charge in [-0.3, -0.25) is 14.5 Å². The quantitative estimate of drug-likeness (QED) is 0.171. The van der Waals surface area contributed by atoms with E-state index in [1.807, 2.05) is 0 Å². The minimum Gasteiger partial charge on any atom is -0.491 e. The lowest BCUT2D eigenvalue weighted by Gasteiger charge is -2.49. The molecule has 0 radical (unpaired) electrons. The van der Waals surface area contributed by atoms with E-state index in [0.29, 0.717) is 17.1 Å². The Morgan fingerprint density at radius 1 is 1.46 bits per heavy atom. The Hall–Kier alpha value is -3.72. The number of thioether (sulfide) groups is 1. The van der Waals surface area contributed by atoms with Crippen molar-refractivity contribution in [2.24, 2.45) is 5.16 Å². The molecule has 4 rings (SSSR count). The molecular formula is C20H22N7O6S2+. The predicted molar refractivity (Wildman–Crippen MR) is 125 cm³/mol. The number of hydrogen-bond donors (Lipinski definition) is 3. The predicted octanol–water partition coefficient (Wildman–Crippen LogP) is -0.404. The van der Waals surface area contributed by atoms with E-state index in [4.69, 9.17) is 15.3 Å². The SMILES string of the molecule is CCON=C(C(=O)NC1C(=O)N2C(C(=O)O)=C(C[n+]3cccc(OC)c3)CS[C@H]12)c1nsc(N)n1. The summed E-state index contributed by atoms with van der Waals surface area (Å²) in [4.78, 5) is 48.1. The van der Waals surface area contributed by atoms with Crippen LogP contribution in [0, 0.1) is 0 Å². The maximum Gasteiger partial charge on any atom is 0.352 e. The first-order valence-corrected chi connectivity index (χ1v) is 12.2. The van der Waals surface area contributed by atoms with Gasteiger partial charge in [-0.1, -0.05) is 5.16 Å². The molecule has 2 atom stereocenters. The Labute approximate surface area is 207 Å². The number of aliphatic carboxylic acids is 1. The Morgan fingerprint density at radius 2 is 2.26 bits per heavy atom. The standard InChI is InChI=1S/C20H21N7O6S2/c1-3-33-24-12(15-23-20(21)35-25-15)16(28)22-13-17(29)27-14(19(30)31)10(9-34-18(13)27)7-26-6-4-5-11(8-26)32-2/h4-6,8,13,18H,3,7,9H2,1-2H3,(H3-,21,22,23,25,28,30,31)/p+1/t13?,18-/m1/s1. The van der Waals surface area contributed by atoms with Crippen molar-refractivity contribution < 1.29 is 33.6 Å². The summed E-state index contributed by atoms with van der Waals surface area (Å²) in [6.45, 7) is 2.16. The molecule has 1 fully saturated rings. The van der Waals surface area contributed by atoms with Crippen molar-refractivity contribution in [3.8, 4) is 5.75 Å². The highest BCUT2D eigenvalue weighted by atomic mass is 32.2. The monoisotopic (exact) mass is 520 g/mol. The number of aromatic nitrogens is 3. The largest absolute Gasteiger partial charge is 0.491 e. The van der Waals surface area contributed by atoms with Crippen LogP contribution < -0.4 is 20.4 Å². The van der Waals surface area contributed by atoms with E-state index in [9.17, 15) is 19.5 Å². The minimum absolute atomic E-state index is 0.0258. The Bertz CT molecular complexity index is 1230. The van der Waals surface area contributed by atoms with Crippen LogP contribution in [0.2, 0.25) is 0 Å². The van der Waals surface area contributed by atoms with Crippen molar-refractivity contribution in [3.63, 3.8) is 0 Å². The van der Waals surface area contributed by atoms with E-state index < -0.39 is 29.2 Å². The van der Waals surface area contributed by atoms with Gasteiger partial charge >= 0.3 is 5.97 Å². The molecule has 13 nitrogen and oxygen atoms in total. The molecule has 2 aliphatic heterocycles. The third-order valence-electron chi connectivity index (χ3n) is 5.13. The van der Waals surface area contributed by atoms with Gasteiger partial charge in [0.1, 0.15) is 23.7 Å². The lowest BCUT2D eigenvalue weighted by atomic mass is 10.0. The number of rotatable bonds is 9. The van der Waals surface area contributed by atoms with Gasteiger partial charge in [0.05, 0.1) is 7.11 Å². The highest BCUT2D eigenvalue weighted by molar-refractivity contribution is 8.00. The second-order valence-electron chi connectivity index (χ2n) is 7.35. The summed E-state index contributed by atoms with van der Waals surface area (Å²) in [7, 11) is 1.54. The van der Waals surface area contributed by atoms with Crippen LogP contribution in [0.4, 0.5) is 5.13 Å². The number of amides is 2. The smallest absolute Gasteiger partial charge is 0.352 e. The van der Waals surface area contributed by atoms with E-state index >= 15 is 0 Å². The number of carboxylic acids is 1. The number of nitrogens with zero attached hydrogens (tertiary/aromatic N) is 5. The summed E-state index contributed by atoms with van der Waals surface area (Å²) in [5, 5.41) is 15.8. The van der Waals surface area contributed by atoms with Crippen LogP contribution in [0.5, 0.6) is 5.75 Å². The molecule has 4 heterocycles. The summed E-state index contributed by atoms with van der Waals surface area (Å²) < 4.78 is 11.0. The maximum absolute atomic E-state index is 13.0. The molecule has 1 saturated heterocycles. The summed E-state index contributed by atoms with van der Waals surface area (Å²) in [6, 6.07) is 2.61. The third kappa shape index (κ3) is 4.90. The van der Waals surface area contributed by atoms with Gasteiger partial charge in [-0.25, -0.2) is 4.79 Å². The molecule has 0 aromatic carbocycles. The van der Waals surface area contributed by atoms with Crippen molar-refractivity contribution >= 4 is 51.9 Å². The van der Waals surface area contributed by atoms with Gasteiger partial charge in [-0.2, -0.15) is 13.9 Å². The maximum atomic E-state index is 13.0. The second kappa shape index (κ2) is 10.3. The van der Waals surface area contributed by atoms with Crippen LogP contribution >= 0.6 is 23.3 Å². The van der Waals surface area contributed by atoms with Gasteiger partial charge in [0.25, 0.3) is 11.8 Å². The Morgan fingerprint density at radius 3 is 2.91 bits per heavy atom. The number of carboxylic acid groups (broad SMARTS) is 1. The highest BCUT2D eigenvalue weighted by Gasteiger charge is 2.54. The van der Waals surface area contributed by atoms with E-state index in [1.165, 1.54) is 16.7 Å². The normalized spacial score (nSPS) is 19.7. The van der Waals surface area contributed by atoms with Gasteiger partial charge in [0.15, 0.2) is 23.6 Å². The van der Waals surface area contributed by atoms with Crippen LogP contribution in [0.25, 0.3) is 0 Å². The summed E-state index contributed by atoms with van der Waals surface area (Å²) in [5.74, 6) is -1.53. The number of nitrogens with one attached hydrogen (secondary N) is 1. The molecule has 15 heteroatoms. The second-order valence-corrected chi connectivity index (χ2v) is 9.24. The fourth-order valence-electron chi connectivity index (χ4n) is 3.60. The number of hydrogen-bond acceptors (Lipinski definition) is 11. The third-order valence-corrected chi connectivity index (χ3v) is 7.01. The lowest BCUT2D eigenvalue weighted by Crippen LogP contribution is -2.71.